The van der Waals surface area contributed by atoms with E-state index in [0.29, 0.717) is 12.1 Å². The lowest BCUT2D eigenvalue weighted by Gasteiger charge is -2.16. The molecule has 1 amide bonds. The highest BCUT2D eigenvalue weighted by molar-refractivity contribution is 8.00. The van der Waals surface area contributed by atoms with E-state index in [0.717, 1.165) is 17.7 Å². The third-order valence-corrected chi connectivity index (χ3v) is 4.66. The first kappa shape index (κ1) is 17.6. The largest absolute Gasteiger partial charge is 0.480 e. The average Bonchev–Trinajstić information content (AvgIpc) is 2.46. The summed E-state index contributed by atoms with van der Waals surface area (Å²) in [5.41, 5.74) is 0.690. The van der Waals surface area contributed by atoms with Crippen molar-refractivity contribution < 1.29 is 14.7 Å². The molecule has 0 radical (unpaired) electrons. The maximum atomic E-state index is 12.1. The lowest BCUT2D eigenvalue weighted by molar-refractivity contribution is -0.136. The molecule has 5 heteroatoms. The minimum atomic E-state index is -0.831. The molecule has 2 atom stereocenters. The van der Waals surface area contributed by atoms with Crippen LogP contribution < -0.4 is 5.32 Å². The topological polar surface area (TPSA) is 66.4 Å². The second-order valence-corrected chi connectivity index (χ2v) is 6.27. The highest BCUT2D eigenvalue weighted by Gasteiger charge is 2.19. The van der Waals surface area contributed by atoms with Gasteiger partial charge < -0.3 is 10.4 Å². The monoisotopic (exact) mass is 309 g/mol. The fraction of sp³-hybridized carbons (Fsp3) is 0.500. The molecule has 21 heavy (non-hydrogen) atoms. The van der Waals surface area contributed by atoms with Gasteiger partial charge in [0, 0.05) is 10.8 Å². The first-order valence-corrected chi connectivity index (χ1v) is 8.16. The molecule has 0 unspecified atom stereocenters. The number of carbonyl (C=O) groups excluding carboxylic acids is 1. The van der Waals surface area contributed by atoms with Crippen molar-refractivity contribution in [3.8, 4) is 0 Å². The average molecular weight is 309 g/mol. The van der Waals surface area contributed by atoms with Gasteiger partial charge in [-0.25, -0.2) is 0 Å². The van der Waals surface area contributed by atoms with Crippen molar-refractivity contribution in [3.05, 3.63) is 24.3 Å². The maximum absolute atomic E-state index is 12.1. The Hall–Kier alpha value is -1.49. The number of carboxylic acid groups (broad SMARTS) is 1. The van der Waals surface area contributed by atoms with Crippen molar-refractivity contribution in [2.45, 2.75) is 50.2 Å². The molecule has 0 saturated heterocycles. The van der Waals surface area contributed by atoms with Gasteiger partial charge in [-0.2, -0.15) is 0 Å². The van der Waals surface area contributed by atoms with Gasteiger partial charge in [-0.3, -0.25) is 9.59 Å². The van der Waals surface area contributed by atoms with Crippen LogP contribution in [0.15, 0.2) is 29.2 Å². The summed E-state index contributed by atoms with van der Waals surface area (Å²) in [5.74, 6) is -0.897. The Morgan fingerprint density at radius 3 is 2.52 bits per heavy atom. The summed E-state index contributed by atoms with van der Waals surface area (Å²) in [7, 11) is 0. The number of nitrogens with one attached hydrogen (secondary N) is 1. The van der Waals surface area contributed by atoms with E-state index in [2.05, 4.69) is 5.32 Å². The summed E-state index contributed by atoms with van der Waals surface area (Å²) >= 11 is 1.28. The summed E-state index contributed by atoms with van der Waals surface area (Å²) in [5, 5.41) is 11.6. The Balaban J connectivity index is 2.84. The molecule has 0 aliphatic rings. The smallest absolute Gasteiger partial charge is 0.316 e. The molecule has 1 aromatic carbocycles. The third kappa shape index (κ3) is 5.42. The fourth-order valence-corrected chi connectivity index (χ4v) is 2.93. The summed E-state index contributed by atoms with van der Waals surface area (Å²) in [6.07, 6.45) is 2.34. The van der Waals surface area contributed by atoms with Gasteiger partial charge in [0.05, 0.1) is 5.69 Å². The SMILES string of the molecule is CCC[C@@H](C)C(=O)Nc1ccccc1S[C@@H](CC)C(=O)O. The number of amides is 1. The zero-order valence-corrected chi connectivity index (χ0v) is 13.6. The Kier molecular flexibility index (Phi) is 7.29. The minimum Gasteiger partial charge on any atom is -0.480 e. The molecule has 0 saturated carbocycles. The Morgan fingerprint density at radius 2 is 1.95 bits per heavy atom. The van der Waals surface area contributed by atoms with Crippen LogP contribution in [0.4, 0.5) is 5.69 Å². The van der Waals surface area contributed by atoms with Gasteiger partial charge in [-0.1, -0.05) is 39.3 Å². The predicted octanol–water partition coefficient (Wildman–Crippen LogP) is 4.02. The number of rotatable bonds is 8. The number of carbonyl (C=O) groups is 2. The molecule has 4 nitrogen and oxygen atoms in total. The van der Waals surface area contributed by atoms with Crippen molar-refractivity contribution >= 4 is 29.3 Å². The van der Waals surface area contributed by atoms with Crippen LogP contribution in [0.3, 0.4) is 0 Å². The number of carboxylic acids is 1. The van der Waals surface area contributed by atoms with E-state index in [-0.39, 0.29) is 11.8 Å². The Morgan fingerprint density at radius 1 is 1.29 bits per heavy atom. The molecular formula is C16H23NO3S. The molecule has 1 aromatic rings. The summed E-state index contributed by atoms with van der Waals surface area (Å²) in [6.45, 7) is 5.79. The fourth-order valence-electron chi connectivity index (χ4n) is 1.95. The number of benzene rings is 1. The Bertz CT molecular complexity index is 490. The predicted molar refractivity (Wildman–Crippen MR) is 86.7 cm³/mol. The van der Waals surface area contributed by atoms with E-state index >= 15 is 0 Å². The van der Waals surface area contributed by atoms with Crippen LogP contribution in [0.25, 0.3) is 0 Å². The Labute approximate surface area is 130 Å². The molecule has 0 heterocycles. The van der Waals surface area contributed by atoms with E-state index in [1.807, 2.05) is 45.0 Å². The van der Waals surface area contributed by atoms with E-state index in [1.54, 1.807) is 0 Å². The molecule has 1 rings (SSSR count). The van der Waals surface area contributed by atoms with Gasteiger partial charge in [-0.15, -0.1) is 11.8 Å². The third-order valence-electron chi connectivity index (χ3n) is 3.23. The number of hydrogen-bond donors (Lipinski definition) is 2. The van der Waals surface area contributed by atoms with Crippen molar-refractivity contribution in [2.75, 3.05) is 5.32 Å². The molecule has 0 fully saturated rings. The van der Waals surface area contributed by atoms with Crippen molar-refractivity contribution in [2.24, 2.45) is 5.92 Å². The summed E-state index contributed by atoms with van der Waals surface area (Å²) in [4.78, 5) is 24.1. The summed E-state index contributed by atoms with van der Waals surface area (Å²) in [6, 6.07) is 7.34. The van der Waals surface area contributed by atoms with E-state index in [9.17, 15) is 9.59 Å². The summed E-state index contributed by atoms with van der Waals surface area (Å²) < 4.78 is 0. The normalized spacial score (nSPS) is 13.5. The van der Waals surface area contributed by atoms with Crippen molar-refractivity contribution in [1.82, 2.24) is 0 Å². The highest BCUT2D eigenvalue weighted by atomic mass is 32.2. The van der Waals surface area contributed by atoms with Crippen LogP contribution in [0.1, 0.15) is 40.0 Å². The molecule has 0 aromatic heterocycles. The van der Waals surface area contributed by atoms with Crippen LogP contribution in [0, 0.1) is 5.92 Å². The second kappa shape index (κ2) is 8.72. The number of aliphatic carboxylic acids is 1. The van der Waals surface area contributed by atoms with E-state index in [4.69, 9.17) is 5.11 Å². The second-order valence-electron chi connectivity index (χ2n) is 5.03. The highest BCUT2D eigenvalue weighted by Crippen LogP contribution is 2.32. The number of hydrogen-bond acceptors (Lipinski definition) is 3. The minimum absolute atomic E-state index is 0.0201. The molecular weight excluding hydrogens is 286 g/mol. The van der Waals surface area contributed by atoms with Crippen LogP contribution in [-0.2, 0) is 9.59 Å². The van der Waals surface area contributed by atoms with Gasteiger partial charge >= 0.3 is 5.97 Å². The number of para-hydroxylation sites is 1. The van der Waals surface area contributed by atoms with Crippen molar-refractivity contribution in [1.29, 1.82) is 0 Å². The molecule has 0 aliphatic heterocycles. The quantitative estimate of drug-likeness (QED) is 0.712. The van der Waals surface area contributed by atoms with Gasteiger partial charge in [0.2, 0.25) is 5.91 Å². The maximum Gasteiger partial charge on any atom is 0.316 e. The van der Waals surface area contributed by atoms with Crippen LogP contribution in [0.5, 0.6) is 0 Å². The van der Waals surface area contributed by atoms with Crippen LogP contribution in [0.2, 0.25) is 0 Å². The van der Waals surface area contributed by atoms with Gasteiger partial charge in [0.25, 0.3) is 0 Å². The van der Waals surface area contributed by atoms with Gasteiger partial charge in [0.15, 0.2) is 0 Å². The number of anilines is 1. The molecule has 116 valence electrons. The standard InChI is InChI=1S/C16H23NO3S/c1-4-8-11(3)15(18)17-12-9-6-7-10-14(12)21-13(5-2)16(19)20/h6-7,9-11,13H,4-5,8H2,1-3H3,(H,17,18)(H,19,20)/t11-,13+/m1/s1. The number of thioether (sulfide) groups is 1. The van der Waals surface area contributed by atoms with E-state index < -0.39 is 11.2 Å². The lowest BCUT2D eigenvalue weighted by Crippen LogP contribution is -2.21. The van der Waals surface area contributed by atoms with E-state index in [1.165, 1.54) is 11.8 Å². The molecule has 0 aliphatic carbocycles. The van der Waals surface area contributed by atoms with Crippen LogP contribution >= 0.6 is 11.8 Å². The zero-order chi connectivity index (χ0) is 15.8. The van der Waals surface area contributed by atoms with Gasteiger partial charge in [-0.05, 0) is 25.0 Å². The van der Waals surface area contributed by atoms with Crippen molar-refractivity contribution in [3.63, 3.8) is 0 Å². The van der Waals surface area contributed by atoms with Crippen LogP contribution in [-0.4, -0.2) is 22.2 Å². The lowest BCUT2D eigenvalue weighted by atomic mass is 10.1. The molecule has 0 spiro atoms. The first-order chi connectivity index (χ1) is 9.99. The zero-order valence-electron chi connectivity index (χ0n) is 12.8. The molecule has 0 bridgehead atoms. The first-order valence-electron chi connectivity index (χ1n) is 7.28. The molecule has 2 N–H and O–H groups in total. The van der Waals surface area contributed by atoms with Gasteiger partial charge in [0.1, 0.15) is 5.25 Å².